The Morgan fingerprint density at radius 2 is 1.92 bits per heavy atom. The van der Waals surface area contributed by atoms with Crippen LogP contribution in [0, 0.1) is 6.92 Å². The van der Waals surface area contributed by atoms with Crippen LogP contribution in [0.15, 0.2) is 53.5 Å². The van der Waals surface area contributed by atoms with Crippen molar-refractivity contribution in [3.63, 3.8) is 0 Å². The van der Waals surface area contributed by atoms with E-state index in [0.29, 0.717) is 28.6 Å². The topological polar surface area (TPSA) is 68.5 Å². The van der Waals surface area contributed by atoms with Gasteiger partial charge < -0.3 is 14.4 Å². The minimum Gasteiger partial charge on any atom is -0.496 e. The van der Waals surface area contributed by atoms with Crippen LogP contribution in [-0.2, 0) is 17.8 Å². The summed E-state index contributed by atoms with van der Waals surface area (Å²) in [7, 11) is 1.59. The molecule has 25 heavy (non-hydrogen) atoms. The number of ether oxygens (including phenoxy) is 1. The van der Waals surface area contributed by atoms with Gasteiger partial charge in [0, 0.05) is 23.6 Å². The number of aliphatic carboxylic acids is 1. The molecular weight excluding hydrogens is 318 g/mol. The van der Waals surface area contributed by atoms with Crippen LogP contribution in [-0.4, -0.2) is 22.8 Å². The molecule has 1 heterocycles. The molecule has 0 aliphatic rings. The zero-order valence-corrected chi connectivity index (χ0v) is 14.2. The van der Waals surface area contributed by atoms with Gasteiger partial charge in [-0.1, -0.05) is 29.8 Å². The minimum absolute atomic E-state index is 0.0776. The molecule has 128 valence electrons. The molecule has 0 atom stereocenters. The van der Waals surface area contributed by atoms with Crippen LogP contribution < -0.4 is 10.2 Å². The number of benzene rings is 2. The predicted molar refractivity (Wildman–Crippen MR) is 96.4 cm³/mol. The maximum atomic E-state index is 12.9. The summed E-state index contributed by atoms with van der Waals surface area (Å²) in [5.41, 5.74) is 2.94. The molecule has 0 aliphatic heterocycles. The number of carboxylic acid groups (broad SMARTS) is 1. The first-order valence-electron chi connectivity index (χ1n) is 7.96. The number of aryl methyl sites for hydroxylation is 1. The Morgan fingerprint density at radius 3 is 2.64 bits per heavy atom. The molecule has 0 bridgehead atoms. The standard InChI is InChI=1S/C20H19NO4/c1-13-7-8-17-16(9-13)20(24)15(11-21(17)12-19(22)23)10-14-5-3-4-6-18(14)25-2/h3-9,11H,10,12H2,1-2H3,(H,22,23). The number of carbonyl (C=O) groups is 1. The molecule has 0 saturated carbocycles. The maximum Gasteiger partial charge on any atom is 0.323 e. The molecule has 5 nitrogen and oxygen atoms in total. The van der Waals surface area contributed by atoms with Gasteiger partial charge in [0.15, 0.2) is 5.43 Å². The molecule has 0 spiro atoms. The number of hydrogen-bond donors (Lipinski definition) is 1. The zero-order chi connectivity index (χ0) is 18.0. The molecule has 1 N–H and O–H groups in total. The van der Waals surface area contributed by atoms with E-state index in [0.717, 1.165) is 11.1 Å². The lowest BCUT2D eigenvalue weighted by Crippen LogP contribution is -2.18. The third-order valence-corrected chi connectivity index (χ3v) is 4.19. The highest BCUT2D eigenvalue weighted by Gasteiger charge is 2.13. The van der Waals surface area contributed by atoms with Crippen LogP contribution in [0.1, 0.15) is 16.7 Å². The van der Waals surface area contributed by atoms with Crippen molar-refractivity contribution < 1.29 is 14.6 Å². The van der Waals surface area contributed by atoms with Gasteiger partial charge in [-0.15, -0.1) is 0 Å². The van der Waals surface area contributed by atoms with Gasteiger partial charge in [0.1, 0.15) is 12.3 Å². The van der Waals surface area contributed by atoms with Gasteiger partial charge in [0.05, 0.1) is 12.6 Å². The molecule has 2 aromatic carbocycles. The summed E-state index contributed by atoms with van der Waals surface area (Å²) in [6, 6.07) is 13.0. The molecule has 0 aliphatic carbocycles. The SMILES string of the molecule is COc1ccccc1Cc1cn(CC(=O)O)c2ccc(C)cc2c1=O. The van der Waals surface area contributed by atoms with Gasteiger partial charge in [0.25, 0.3) is 0 Å². The molecular formula is C20H19NO4. The Bertz CT molecular complexity index is 1000. The van der Waals surface area contributed by atoms with E-state index in [2.05, 4.69) is 0 Å². The molecule has 0 amide bonds. The fourth-order valence-electron chi connectivity index (χ4n) is 3.03. The third kappa shape index (κ3) is 3.40. The van der Waals surface area contributed by atoms with E-state index in [1.165, 1.54) is 0 Å². The van der Waals surface area contributed by atoms with E-state index >= 15 is 0 Å². The van der Waals surface area contributed by atoms with Crippen molar-refractivity contribution >= 4 is 16.9 Å². The predicted octanol–water partition coefficient (Wildman–Crippen LogP) is 2.99. The molecule has 1 aromatic heterocycles. The minimum atomic E-state index is -0.950. The number of para-hydroxylation sites is 1. The highest BCUT2D eigenvalue weighted by atomic mass is 16.5. The summed E-state index contributed by atoms with van der Waals surface area (Å²) in [6.45, 7) is 1.71. The molecule has 0 saturated heterocycles. The first kappa shape index (κ1) is 16.8. The third-order valence-electron chi connectivity index (χ3n) is 4.19. The highest BCUT2D eigenvalue weighted by molar-refractivity contribution is 5.82. The van der Waals surface area contributed by atoms with Gasteiger partial charge in [-0.3, -0.25) is 9.59 Å². The number of methoxy groups -OCH3 is 1. The van der Waals surface area contributed by atoms with Crippen molar-refractivity contribution in [1.29, 1.82) is 0 Å². The van der Waals surface area contributed by atoms with Crippen molar-refractivity contribution in [3.8, 4) is 5.75 Å². The fraction of sp³-hybridized carbons (Fsp3) is 0.200. The van der Waals surface area contributed by atoms with Crippen LogP contribution >= 0.6 is 0 Å². The Morgan fingerprint density at radius 1 is 1.16 bits per heavy atom. The van der Waals surface area contributed by atoms with Crippen molar-refractivity contribution in [2.24, 2.45) is 0 Å². The first-order valence-corrected chi connectivity index (χ1v) is 7.96. The lowest BCUT2D eigenvalue weighted by molar-refractivity contribution is -0.137. The zero-order valence-electron chi connectivity index (χ0n) is 14.2. The number of rotatable bonds is 5. The van der Waals surface area contributed by atoms with Crippen LogP contribution in [0.2, 0.25) is 0 Å². The number of fused-ring (bicyclic) bond motifs is 1. The van der Waals surface area contributed by atoms with Gasteiger partial charge in [-0.25, -0.2) is 0 Å². The van der Waals surface area contributed by atoms with Gasteiger partial charge >= 0.3 is 5.97 Å². The second kappa shape index (κ2) is 6.81. The highest BCUT2D eigenvalue weighted by Crippen LogP contribution is 2.21. The largest absolute Gasteiger partial charge is 0.496 e. The number of hydrogen-bond acceptors (Lipinski definition) is 3. The number of aromatic nitrogens is 1. The number of carboxylic acids is 1. The summed E-state index contributed by atoms with van der Waals surface area (Å²) < 4.78 is 6.97. The lowest BCUT2D eigenvalue weighted by atomic mass is 10.0. The molecule has 3 rings (SSSR count). The average molecular weight is 337 g/mol. The van der Waals surface area contributed by atoms with E-state index in [1.807, 2.05) is 43.3 Å². The molecule has 3 aromatic rings. The Labute approximate surface area is 145 Å². The Kier molecular flexibility index (Phi) is 4.57. The van der Waals surface area contributed by atoms with Gasteiger partial charge in [-0.2, -0.15) is 0 Å². The summed E-state index contributed by atoms with van der Waals surface area (Å²) in [5, 5.41) is 9.73. The van der Waals surface area contributed by atoms with Crippen LogP contribution in [0.4, 0.5) is 0 Å². The van der Waals surface area contributed by atoms with E-state index in [4.69, 9.17) is 4.74 Å². The maximum absolute atomic E-state index is 12.9. The smallest absolute Gasteiger partial charge is 0.323 e. The second-order valence-corrected chi connectivity index (χ2v) is 6.01. The summed E-state index contributed by atoms with van der Waals surface area (Å²) in [5.74, 6) is -0.246. The monoisotopic (exact) mass is 337 g/mol. The Balaban J connectivity index is 2.19. The van der Waals surface area contributed by atoms with Crippen molar-refractivity contribution in [2.45, 2.75) is 19.9 Å². The normalized spacial score (nSPS) is 10.8. The Hall–Kier alpha value is -3.08. The van der Waals surface area contributed by atoms with E-state index in [-0.39, 0.29) is 12.0 Å². The molecule has 0 radical (unpaired) electrons. The number of nitrogens with zero attached hydrogens (tertiary/aromatic N) is 1. The van der Waals surface area contributed by atoms with E-state index < -0.39 is 5.97 Å². The fourth-order valence-corrected chi connectivity index (χ4v) is 3.03. The van der Waals surface area contributed by atoms with Gasteiger partial charge in [-0.05, 0) is 30.7 Å². The average Bonchev–Trinajstić information content (AvgIpc) is 2.59. The van der Waals surface area contributed by atoms with E-state index in [1.54, 1.807) is 23.9 Å². The van der Waals surface area contributed by atoms with Crippen molar-refractivity contribution in [1.82, 2.24) is 4.57 Å². The van der Waals surface area contributed by atoms with Crippen molar-refractivity contribution in [2.75, 3.05) is 7.11 Å². The number of pyridine rings is 1. The second-order valence-electron chi connectivity index (χ2n) is 6.01. The van der Waals surface area contributed by atoms with Crippen LogP contribution in [0.3, 0.4) is 0 Å². The quantitative estimate of drug-likeness (QED) is 0.777. The lowest BCUT2D eigenvalue weighted by Gasteiger charge is -2.13. The summed E-state index contributed by atoms with van der Waals surface area (Å²) in [6.07, 6.45) is 2.02. The summed E-state index contributed by atoms with van der Waals surface area (Å²) >= 11 is 0. The molecule has 5 heteroatoms. The molecule has 0 unspecified atom stereocenters. The first-order chi connectivity index (χ1) is 12.0. The van der Waals surface area contributed by atoms with Crippen LogP contribution in [0.5, 0.6) is 5.75 Å². The van der Waals surface area contributed by atoms with E-state index in [9.17, 15) is 14.7 Å². The molecule has 0 fully saturated rings. The van der Waals surface area contributed by atoms with Crippen molar-refractivity contribution in [3.05, 3.63) is 75.6 Å². The van der Waals surface area contributed by atoms with Crippen LogP contribution in [0.25, 0.3) is 10.9 Å². The summed E-state index contributed by atoms with van der Waals surface area (Å²) in [4.78, 5) is 24.1. The van der Waals surface area contributed by atoms with Gasteiger partial charge in [0.2, 0.25) is 0 Å².